The first-order chi connectivity index (χ1) is 10.5. The number of nitro benzene ring substituents is 1. The second-order valence-corrected chi connectivity index (χ2v) is 4.69. The highest BCUT2D eigenvalue weighted by atomic mass is 35.5. The number of benzene rings is 1. The van der Waals surface area contributed by atoms with Gasteiger partial charge in [0.15, 0.2) is 11.5 Å². The molecule has 0 atom stereocenters. The van der Waals surface area contributed by atoms with Crippen molar-refractivity contribution in [3.05, 3.63) is 68.8 Å². The Kier molecular flexibility index (Phi) is 3.48. The Labute approximate surface area is 128 Å². The molecular formula is C14H7ClN2O5. The molecule has 1 aliphatic heterocycles. The summed E-state index contributed by atoms with van der Waals surface area (Å²) in [5.74, 6) is -0.299. The van der Waals surface area contributed by atoms with Gasteiger partial charge < -0.3 is 9.15 Å². The smallest absolute Gasteiger partial charge is 0.363 e. The molecule has 0 unspecified atom stereocenters. The van der Waals surface area contributed by atoms with E-state index in [1.165, 1.54) is 30.5 Å². The van der Waals surface area contributed by atoms with Gasteiger partial charge in [-0.15, -0.1) is 0 Å². The number of aliphatic imine (C=N–C) groups is 1. The minimum Gasteiger partial charge on any atom is -0.459 e. The van der Waals surface area contributed by atoms with E-state index in [1.807, 2.05) is 0 Å². The van der Waals surface area contributed by atoms with E-state index in [-0.39, 0.29) is 22.3 Å². The standard InChI is InChI=1S/C14H7ClN2O5/c15-9-4-3-8(7-11(9)17(19)20)6-10-14(18)22-13(16-10)12-2-1-5-21-12/h1-7H/b10-6-. The first-order valence-corrected chi connectivity index (χ1v) is 6.43. The minimum absolute atomic E-state index is 0.0147. The highest BCUT2D eigenvalue weighted by molar-refractivity contribution is 6.32. The van der Waals surface area contributed by atoms with E-state index in [0.717, 1.165) is 0 Å². The first-order valence-electron chi connectivity index (χ1n) is 6.05. The van der Waals surface area contributed by atoms with Gasteiger partial charge in [-0.2, -0.15) is 0 Å². The van der Waals surface area contributed by atoms with Crippen LogP contribution in [0.15, 0.2) is 51.7 Å². The lowest BCUT2D eigenvalue weighted by Crippen LogP contribution is -2.04. The summed E-state index contributed by atoms with van der Waals surface area (Å²) in [7, 11) is 0. The molecule has 0 fully saturated rings. The summed E-state index contributed by atoms with van der Waals surface area (Å²) < 4.78 is 10.1. The topological polar surface area (TPSA) is 94.9 Å². The number of nitrogens with zero attached hydrogens (tertiary/aromatic N) is 2. The Bertz CT molecular complexity index is 824. The van der Waals surface area contributed by atoms with E-state index >= 15 is 0 Å². The lowest BCUT2D eigenvalue weighted by molar-refractivity contribution is -0.384. The molecule has 7 nitrogen and oxygen atoms in total. The number of rotatable bonds is 3. The maximum absolute atomic E-state index is 11.8. The van der Waals surface area contributed by atoms with Crippen LogP contribution in [0.3, 0.4) is 0 Å². The van der Waals surface area contributed by atoms with Gasteiger partial charge in [-0.05, 0) is 29.8 Å². The van der Waals surface area contributed by atoms with E-state index in [4.69, 9.17) is 20.8 Å². The Balaban J connectivity index is 1.97. The predicted molar refractivity (Wildman–Crippen MR) is 77.4 cm³/mol. The third kappa shape index (κ3) is 2.61. The van der Waals surface area contributed by atoms with Crippen LogP contribution in [0.2, 0.25) is 5.02 Å². The number of nitro groups is 1. The summed E-state index contributed by atoms with van der Waals surface area (Å²) in [5.41, 5.74) is 0.174. The van der Waals surface area contributed by atoms with Crippen molar-refractivity contribution in [2.75, 3.05) is 0 Å². The van der Waals surface area contributed by atoms with Crippen molar-refractivity contribution >= 4 is 35.2 Å². The molecule has 0 saturated heterocycles. The number of carbonyl (C=O) groups is 1. The average Bonchev–Trinajstić information content (AvgIpc) is 3.11. The lowest BCUT2D eigenvalue weighted by Gasteiger charge is -1.97. The molecule has 22 heavy (non-hydrogen) atoms. The quantitative estimate of drug-likeness (QED) is 0.375. The lowest BCUT2D eigenvalue weighted by atomic mass is 10.1. The molecule has 1 aromatic heterocycles. The number of furan rings is 1. The van der Waals surface area contributed by atoms with Crippen LogP contribution >= 0.6 is 11.6 Å². The summed E-state index contributed by atoms with van der Waals surface area (Å²) in [6.07, 6.45) is 2.80. The van der Waals surface area contributed by atoms with Crippen molar-refractivity contribution in [3.63, 3.8) is 0 Å². The zero-order chi connectivity index (χ0) is 15.7. The van der Waals surface area contributed by atoms with E-state index < -0.39 is 10.9 Å². The number of ether oxygens (including phenoxy) is 1. The van der Waals surface area contributed by atoms with Crippen LogP contribution in [0.5, 0.6) is 0 Å². The van der Waals surface area contributed by atoms with Crippen LogP contribution in [0.1, 0.15) is 11.3 Å². The number of hydrogen-bond donors (Lipinski definition) is 0. The van der Waals surface area contributed by atoms with Crippen LogP contribution in [0.4, 0.5) is 5.69 Å². The van der Waals surface area contributed by atoms with Gasteiger partial charge in [-0.25, -0.2) is 9.79 Å². The monoisotopic (exact) mass is 318 g/mol. The van der Waals surface area contributed by atoms with Crippen molar-refractivity contribution < 1.29 is 18.9 Å². The van der Waals surface area contributed by atoms with E-state index in [2.05, 4.69) is 4.99 Å². The van der Waals surface area contributed by atoms with Crippen LogP contribution in [-0.4, -0.2) is 16.8 Å². The van der Waals surface area contributed by atoms with Crippen molar-refractivity contribution in [2.45, 2.75) is 0 Å². The van der Waals surface area contributed by atoms with Crippen LogP contribution in [0.25, 0.3) is 6.08 Å². The van der Waals surface area contributed by atoms with Gasteiger partial charge in [0.2, 0.25) is 0 Å². The van der Waals surface area contributed by atoms with Crippen LogP contribution in [-0.2, 0) is 9.53 Å². The minimum atomic E-state index is -0.663. The normalized spacial score (nSPS) is 15.8. The Morgan fingerprint density at radius 1 is 1.32 bits per heavy atom. The van der Waals surface area contributed by atoms with E-state index in [0.29, 0.717) is 11.3 Å². The van der Waals surface area contributed by atoms with Crippen molar-refractivity contribution in [1.82, 2.24) is 0 Å². The molecule has 0 amide bonds. The van der Waals surface area contributed by atoms with Crippen molar-refractivity contribution in [2.24, 2.45) is 4.99 Å². The maximum Gasteiger partial charge on any atom is 0.363 e. The number of halogens is 1. The predicted octanol–water partition coefficient (Wildman–Crippen LogP) is 3.19. The molecule has 110 valence electrons. The fourth-order valence-corrected chi connectivity index (χ4v) is 2.02. The van der Waals surface area contributed by atoms with Crippen LogP contribution < -0.4 is 0 Å². The average molecular weight is 319 g/mol. The number of cyclic esters (lactones) is 1. The van der Waals surface area contributed by atoms with Gasteiger partial charge in [-0.3, -0.25) is 10.1 Å². The molecule has 0 spiro atoms. The van der Waals surface area contributed by atoms with Crippen molar-refractivity contribution in [3.8, 4) is 0 Å². The number of hydrogen-bond acceptors (Lipinski definition) is 6. The summed E-state index contributed by atoms with van der Waals surface area (Å²) in [6, 6.07) is 7.40. The van der Waals surface area contributed by atoms with Gasteiger partial charge in [-0.1, -0.05) is 17.7 Å². The second kappa shape index (κ2) is 5.45. The van der Waals surface area contributed by atoms with Crippen molar-refractivity contribution in [1.29, 1.82) is 0 Å². The second-order valence-electron chi connectivity index (χ2n) is 4.28. The van der Waals surface area contributed by atoms with Gasteiger partial charge in [0.25, 0.3) is 11.6 Å². The molecule has 0 radical (unpaired) electrons. The van der Waals surface area contributed by atoms with Crippen LogP contribution in [0, 0.1) is 10.1 Å². The molecular weight excluding hydrogens is 312 g/mol. The highest BCUT2D eigenvalue weighted by Crippen LogP contribution is 2.27. The summed E-state index contributed by atoms with van der Waals surface area (Å²) in [6.45, 7) is 0. The third-order valence-electron chi connectivity index (χ3n) is 2.82. The summed E-state index contributed by atoms with van der Waals surface area (Å²) in [5, 5.41) is 10.9. The summed E-state index contributed by atoms with van der Waals surface area (Å²) >= 11 is 5.73. The Morgan fingerprint density at radius 3 is 2.82 bits per heavy atom. The zero-order valence-corrected chi connectivity index (χ0v) is 11.6. The molecule has 3 rings (SSSR count). The number of carbonyl (C=O) groups excluding carboxylic acids is 1. The Hall–Kier alpha value is -2.93. The van der Waals surface area contributed by atoms with Gasteiger partial charge in [0.05, 0.1) is 11.2 Å². The summed E-state index contributed by atoms with van der Waals surface area (Å²) in [4.78, 5) is 26.0. The van der Waals surface area contributed by atoms with Gasteiger partial charge in [0.1, 0.15) is 5.02 Å². The molecule has 1 aromatic carbocycles. The maximum atomic E-state index is 11.8. The molecule has 0 bridgehead atoms. The molecule has 0 saturated carbocycles. The third-order valence-corrected chi connectivity index (χ3v) is 3.14. The Morgan fingerprint density at radius 2 is 2.14 bits per heavy atom. The fraction of sp³-hybridized carbons (Fsp3) is 0. The number of esters is 1. The fourth-order valence-electron chi connectivity index (χ4n) is 1.83. The van der Waals surface area contributed by atoms with Gasteiger partial charge in [0, 0.05) is 6.07 Å². The molecule has 2 heterocycles. The zero-order valence-electron chi connectivity index (χ0n) is 10.9. The molecule has 8 heteroatoms. The molecule has 0 N–H and O–H groups in total. The van der Waals surface area contributed by atoms with Gasteiger partial charge >= 0.3 is 5.97 Å². The largest absolute Gasteiger partial charge is 0.459 e. The van der Waals surface area contributed by atoms with E-state index in [9.17, 15) is 14.9 Å². The highest BCUT2D eigenvalue weighted by Gasteiger charge is 2.26. The SMILES string of the molecule is O=C1OC(c2ccco2)=N/C1=C\c1ccc(Cl)c([N+](=O)[O-])c1. The molecule has 0 aliphatic carbocycles. The molecule has 2 aromatic rings. The molecule has 1 aliphatic rings. The van der Waals surface area contributed by atoms with E-state index in [1.54, 1.807) is 12.1 Å². The first kappa shape index (κ1) is 14.0.